The summed E-state index contributed by atoms with van der Waals surface area (Å²) in [7, 11) is 0. The number of amides is 2. The predicted octanol–water partition coefficient (Wildman–Crippen LogP) is 0.872. The molecule has 0 atom stereocenters. The average molecular weight is 356 g/mol. The fourth-order valence-electron chi connectivity index (χ4n) is 1.75. The summed E-state index contributed by atoms with van der Waals surface area (Å²) in [5.74, 6) is 2.48. The van der Waals surface area contributed by atoms with Crippen LogP contribution in [0.4, 0.5) is 0 Å². The van der Waals surface area contributed by atoms with Crippen molar-refractivity contribution in [1.29, 1.82) is 0 Å². The zero-order valence-corrected chi connectivity index (χ0v) is 15.3. The first kappa shape index (κ1) is 23.4. The smallest absolute Gasteiger partial charge is 0.220 e. The van der Waals surface area contributed by atoms with E-state index in [0.717, 1.165) is 12.8 Å². The summed E-state index contributed by atoms with van der Waals surface area (Å²) in [5, 5.41) is 5.57. The van der Waals surface area contributed by atoms with Gasteiger partial charge in [-0.1, -0.05) is 6.92 Å². The lowest BCUT2D eigenvalue weighted by molar-refractivity contribution is -0.121. The number of carbonyl (C=O) groups excluding carboxylic acids is 2. The predicted molar refractivity (Wildman–Crippen MR) is 96.1 cm³/mol. The van der Waals surface area contributed by atoms with Crippen molar-refractivity contribution in [3.05, 3.63) is 0 Å². The lowest BCUT2D eigenvalue weighted by atomic mass is 10.3. The van der Waals surface area contributed by atoms with Gasteiger partial charge in [0, 0.05) is 45.6 Å². The third kappa shape index (κ3) is 18.6. The molecule has 2 N–H and O–H groups in total. The van der Waals surface area contributed by atoms with Gasteiger partial charge < -0.3 is 24.8 Å². The first-order valence-corrected chi connectivity index (χ1v) is 8.90. The molecule has 0 aliphatic rings. The Balaban J connectivity index is 3.11. The zero-order valence-electron chi connectivity index (χ0n) is 15.3. The summed E-state index contributed by atoms with van der Waals surface area (Å²) in [6.45, 7) is 6.35. The SMILES string of the molecule is C#CCCC(=O)NCCCOCCOCCOCCCNC(=O)CC. The molecule has 0 aliphatic carbocycles. The van der Waals surface area contributed by atoms with Crippen LogP contribution in [0, 0.1) is 12.3 Å². The van der Waals surface area contributed by atoms with Crippen molar-refractivity contribution in [2.75, 3.05) is 52.7 Å². The molecule has 0 aromatic heterocycles. The highest BCUT2D eigenvalue weighted by Crippen LogP contribution is 1.88. The molecule has 0 saturated carbocycles. The van der Waals surface area contributed by atoms with Crippen LogP contribution < -0.4 is 10.6 Å². The van der Waals surface area contributed by atoms with Crippen LogP contribution in [-0.4, -0.2) is 64.5 Å². The minimum atomic E-state index is -0.0194. The van der Waals surface area contributed by atoms with Gasteiger partial charge in [-0.2, -0.15) is 0 Å². The van der Waals surface area contributed by atoms with E-state index in [4.69, 9.17) is 20.6 Å². The fraction of sp³-hybridized carbons (Fsp3) is 0.778. The number of nitrogens with one attached hydrogen (secondary N) is 2. The molecule has 0 aliphatic heterocycles. The Bertz CT molecular complexity index is 382. The summed E-state index contributed by atoms with van der Waals surface area (Å²) in [6.07, 6.45) is 8.01. The summed E-state index contributed by atoms with van der Waals surface area (Å²) in [5.41, 5.74) is 0. The summed E-state index contributed by atoms with van der Waals surface area (Å²) in [6, 6.07) is 0. The highest BCUT2D eigenvalue weighted by atomic mass is 16.5. The molecule has 0 aromatic rings. The lowest BCUT2D eigenvalue weighted by Crippen LogP contribution is -2.25. The van der Waals surface area contributed by atoms with Gasteiger partial charge >= 0.3 is 0 Å². The molecule has 25 heavy (non-hydrogen) atoms. The number of terminal acetylenes is 1. The molecular formula is C18H32N2O5. The van der Waals surface area contributed by atoms with E-state index in [0.29, 0.717) is 72.0 Å². The minimum Gasteiger partial charge on any atom is -0.379 e. The minimum absolute atomic E-state index is 0.0194. The normalized spacial score (nSPS) is 10.2. The maximum Gasteiger partial charge on any atom is 0.220 e. The van der Waals surface area contributed by atoms with E-state index in [9.17, 15) is 9.59 Å². The fourth-order valence-corrected chi connectivity index (χ4v) is 1.75. The summed E-state index contributed by atoms with van der Waals surface area (Å²) >= 11 is 0. The van der Waals surface area contributed by atoms with E-state index in [2.05, 4.69) is 16.6 Å². The molecule has 2 amide bonds. The third-order valence-corrected chi connectivity index (χ3v) is 3.14. The molecular weight excluding hydrogens is 324 g/mol. The second kappa shape index (κ2) is 18.7. The molecule has 0 fully saturated rings. The van der Waals surface area contributed by atoms with E-state index < -0.39 is 0 Å². The molecule has 7 heteroatoms. The highest BCUT2D eigenvalue weighted by Gasteiger charge is 1.98. The number of hydrogen-bond donors (Lipinski definition) is 2. The molecule has 0 aromatic carbocycles. The van der Waals surface area contributed by atoms with Crippen LogP contribution >= 0.6 is 0 Å². The van der Waals surface area contributed by atoms with E-state index in [-0.39, 0.29) is 11.8 Å². The number of ether oxygens (including phenoxy) is 3. The highest BCUT2D eigenvalue weighted by molar-refractivity contribution is 5.76. The van der Waals surface area contributed by atoms with Crippen molar-refractivity contribution in [2.24, 2.45) is 0 Å². The molecule has 0 rings (SSSR count). The van der Waals surface area contributed by atoms with Crippen LogP contribution in [0.1, 0.15) is 39.0 Å². The molecule has 0 bridgehead atoms. The average Bonchev–Trinajstić information content (AvgIpc) is 2.62. The molecule has 0 saturated heterocycles. The van der Waals surface area contributed by atoms with Gasteiger partial charge in [0.2, 0.25) is 11.8 Å². The van der Waals surface area contributed by atoms with Crippen LogP contribution in [0.25, 0.3) is 0 Å². The molecule has 0 heterocycles. The van der Waals surface area contributed by atoms with Crippen molar-refractivity contribution in [2.45, 2.75) is 39.0 Å². The van der Waals surface area contributed by atoms with Crippen molar-refractivity contribution in [1.82, 2.24) is 10.6 Å². The molecule has 0 unspecified atom stereocenters. The molecule has 7 nitrogen and oxygen atoms in total. The number of carbonyl (C=O) groups is 2. The third-order valence-electron chi connectivity index (χ3n) is 3.14. The zero-order chi connectivity index (χ0) is 18.6. The van der Waals surface area contributed by atoms with Crippen molar-refractivity contribution in [3.8, 4) is 12.3 Å². The van der Waals surface area contributed by atoms with Crippen LogP contribution in [-0.2, 0) is 23.8 Å². The Morgan fingerprint density at radius 1 is 0.840 bits per heavy atom. The Morgan fingerprint density at radius 3 is 1.80 bits per heavy atom. The Kier molecular flexibility index (Phi) is 17.5. The van der Waals surface area contributed by atoms with Gasteiger partial charge in [0.15, 0.2) is 0 Å². The van der Waals surface area contributed by atoms with Gasteiger partial charge in [-0.15, -0.1) is 12.3 Å². The Labute approximate surface area is 151 Å². The second-order valence-corrected chi connectivity index (χ2v) is 5.30. The van der Waals surface area contributed by atoms with Crippen molar-refractivity contribution >= 4 is 11.8 Å². The van der Waals surface area contributed by atoms with Crippen LogP contribution in [0.2, 0.25) is 0 Å². The van der Waals surface area contributed by atoms with E-state index in [1.165, 1.54) is 0 Å². The standard InChI is InChI=1S/C18H32N2O5/c1-3-5-8-18(22)20-10-7-12-24-14-16-25-15-13-23-11-6-9-19-17(21)4-2/h1H,4-16H2,2H3,(H,19,21)(H,20,22). The van der Waals surface area contributed by atoms with Gasteiger partial charge in [-0.3, -0.25) is 9.59 Å². The van der Waals surface area contributed by atoms with Gasteiger partial charge in [-0.05, 0) is 12.8 Å². The monoisotopic (exact) mass is 356 g/mol. The van der Waals surface area contributed by atoms with Crippen LogP contribution in [0.15, 0.2) is 0 Å². The first-order valence-electron chi connectivity index (χ1n) is 8.90. The topological polar surface area (TPSA) is 85.9 Å². The largest absolute Gasteiger partial charge is 0.379 e. The maximum absolute atomic E-state index is 11.3. The van der Waals surface area contributed by atoms with Crippen molar-refractivity contribution < 1.29 is 23.8 Å². The Hall–Kier alpha value is -1.62. The lowest BCUT2D eigenvalue weighted by Gasteiger charge is -2.08. The number of rotatable bonds is 17. The van der Waals surface area contributed by atoms with Crippen LogP contribution in [0.5, 0.6) is 0 Å². The number of hydrogen-bond acceptors (Lipinski definition) is 5. The van der Waals surface area contributed by atoms with E-state index in [1.54, 1.807) is 0 Å². The van der Waals surface area contributed by atoms with Gasteiger partial charge in [0.05, 0.1) is 26.4 Å². The van der Waals surface area contributed by atoms with Gasteiger partial charge in [-0.25, -0.2) is 0 Å². The maximum atomic E-state index is 11.3. The van der Waals surface area contributed by atoms with Crippen molar-refractivity contribution in [3.63, 3.8) is 0 Å². The van der Waals surface area contributed by atoms with Gasteiger partial charge in [0.1, 0.15) is 0 Å². The Morgan fingerprint density at radius 2 is 1.32 bits per heavy atom. The van der Waals surface area contributed by atoms with Crippen LogP contribution in [0.3, 0.4) is 0 Å². The quantitative estimate of drug-likeness (QED) is 0.298. The first-order chi connectivity index (χ1) is 12.2. The van der Waals surface area contributed by atoms with Gasteiger partial charge in [0.25, 0.3) is 0 Å². The summed E-state index contributed by atoms with van der Waals surface area (Å²) in [4.78, 5) is 22.3. The van der Waals surface area contributed by atoms with E-state index in [1.807, 2.05) is 6.92 Å². The molecule has 0 radical (unpaired) electrons. The van der Waals surface area contributed by atoms with E-state index >= 15 is 0 Å². The molecule has 0 spiro atoms. The second-order valence-electron chi connectivity index (χ2n) is 5.30. The molecule has 144 valence electrons. The summed E-state index contributed by atoms with van der Waals surface area (Å²) < 4.78 is 16.2.